The molecule has 1 atom stereocenters. The molecule has 0 spiro atoms. The van der Waals surface area contributed by atoms with E-state index in [0.29, 0.717) is 25.0 Å². The number of nitrogens with zero attached hydrogens (tertiary/aromatic N) is 2. The first-order valence-corrected chi connectivity index (χ1v) is 8.45. The fourth-order valence-electron chi connectivity index (χ4n) is 3.45. The molecule has 0 unspecified atom stereocenters. The highest BCUT2D eigenvalue weighted by Gasteiger charge is 2.42. The predicted molar refractivity (Wildman–Crippen MR) is 84.5 cm³/mol. The van der Waals surface area contributed by atoms with E-state index in [-0.39, 0.29) is 11.5 Å². The Hall–Kier alpha value is -1.43. The quantitative estimate of drug-likeness (QED) is 0.857. The molecule has 2 aromatic rings. The van der Waals surface area contributed by atoms with Crippen LogP contribution in [-0.4, -0.2) is 30.0 Å². The van der Waals surface area contributed by atoms with Gasteiger partial charge in [0, 0.05) is 24.8 Å². The van der Waals surface area contributed by atoms with Gasteiger partial charge in [-0.25, -0.2) is 0 Å². The van der Waals surface area contributed by atoms with Crippen molar-refractivity contribution in [3.05, 3.63) is 46.6 Å². The van der Waals surface area contributed by atoms with Crippen molar-refractivity contribution in [3.8, 4) is 0 Å². The smallest absolute Gasteiger partial charge is 0.245 e. The molecule has 2 saturated heterocycles. The number of rotatable bonds is 3. The van der Waals surface area contributed by atoms with Crippen molar-refractivity contribution < 1.29 is 13.9 Å². The topological polar surface area (TPSA) is 57.4 Å². The van der Waals surface area contributed by atoms with Crippen LogP contribution in [0.25, 0.3) is 0 Å². The van der Waals surface area contributed by atoms with Crippen LogP contribution >= 0.6 is 11.6 Å². The van der Waals surface area contributed by atoms with Crippen LogP contribution < -0.4 is 0 Å². The highest BCUT2D eigenvalue weighted by atomic mass is 35.5. The first kappa shape index (κ1) is 15.1. The van der Waals surface area contributed by atoms with Gasteiger partial charge in [0.2, 0.25) is 11.8 Å². The third kappa shape index (κ3) is 2.77. The van der Waals surface area contributed by atoms with Gasteiger partial charge >= 0.3 is 0 Å². The van der Waals surface area contributed by atoms with Gasteiger partial charge in [-0.3, -0.25) is 0 Å². The van der Waals surface area contributed by atoms with E-state index in [9.17, 15) is 0 Å². The first-order valence-electron chi connectivity index (χ1n) is 8.07. The number of hydrogen-bond donors (Lipinski definition) is 0. The second-order valence-corrected chi connectivity index (χ2v) is 6.58. The lowest BCUT2D eigenvalue weighted by Gasteiger charge is -2.34. The van der Waals surface area contributed by atoms with E-state index in [1.807, 2.05) is 24.3 Å². The maximum atomic E-state index is 6.06. The zero-order valence-corrected chi connectivity index (χ0v) is 13.6. The van der Waals surface area contributed by atoms with Gasteiger partial charge in [-0.1, -0.05) is 23.7 Å². The van der Waals surface area contributed by atoms with Crippen molar-refractivity contribution in [1.29, 1.82) is 0 Å². The maximum absolute atomic E-state index is 6.06. The zero-order valence-electron chi connectivity index (χ0n) is 12.8. The SMILES string of the molecule is Clc1ccc(C2(c3nnc([C@H]4CCCO4)o3)CCOCC2)cc1. The third-order valence-corrected chi connectivity index (χ3v) is 5.05. The molecule has 5 nitrogen and oxygen atoms in total. The van der Waals surface area contributed by atoms with Crippen molar-refractivity contribution in [2.75, 3.05) is 19.8 Å². The number of hydrogen-bond acceptors (Lipinski definition) is 5. The second-order valence-electron chi connectivity index (χ2n) is 6.15. The summed E-state index contributed by atoms with van der Waals surface area (Å²) < 4.78 is 17.3. The van der Waals surface area contributed by atoms with Crippen molar-refractivity contribution in [2.24, 2.45) is 0 Å². The van der Waals surface area contributed by atoms with E-state index < -0.39 is 0 Å². The van der Waals surface area contributed by atoms with Gasteiger partial charge < -0.3 is 13.9 Å². The summed E-state index contributed by atoms with van der Waals surface area (Å²) in [5, 5.41) is 9.35. The summed E-state index contributed by atoms with van der Waals surface area (Å²) in [5.74, 6) is 1.26. The second kappa shape index (κ2) is 6.23. The monoisotopic (exact) mass is 334 g/mol. The summed E-state index contributed by atoms with van der Waals surface area (Å²) in [7, 11) is 0. The van der Waals surface area contributed by atoms with Crippen LogP contribution in [0.15, 0.2) is 28.7 Å². The Kier molecular flexibility index (Phi) is 4.09. The predicted octanol–water partition coefficient (Wildman–Crippen LogP) is 3.67. The van der Waals surface area contributed by atoms with Crippen LogP contribution in [0.5, 0.6) is 0 Å². The molecule has 2 fully saturated rings. The Bertz CT molecular complexity index is 659. The molecule has 0 radical (unpaired) electrons. The number of halogens is 1. The molecular weight excluding hydrogens is 316 g/mol. The van der Waals surface area contributed by atoms with Gasteiger partial charge in [-0.2, -0.15) is 0 Å². The summed E-state index contributed by atoms with van der Waals surface area (Å²) in [6.07, 6.45) is 3.57. The van der Waals surface area contributed by atoms with E-state index in [1.165, 1.54) is 0 Å². The Labute approximate surface area is 139 Å². The first-order chi connectivity index (χ1) is 11.3. The summed E-state index contributed by atoms with van der Waals surface area (Å²) in [6, 6.07) is 7.91. The van der Waals surface area contributed by atoms with Crippen molar-refractivity contribution in [3.63, 3.8) is 0 Å². The average molecular weight is 335 g/mol. The minimum absolute atomic E-state index is 0.0571. The zero-order chi connectivity index (χ0) is 15.7. The minimum atomic E-state index is -0.299. The van der Waals surface area contributed by atoms with E-state index in [4.69, 9.17) is 25.5 Å². The molecule has 2 aliphatic rings. The number of aromatic nitrogens is 2. The summed E-state index contributed by atoms with van der Waals surface area (Å²) in [5.41, 5.74) is 0.847. The normalized spacial score (nSPS) is 24.0. The lowest BCUT2D eigenvalue weighted by molar-refractivity contribution is 0.0504. The van der Waals surface area contributed by atoms with Gasteiger partial charge in [0.25, 0.3) is 0 Å². The lowest BCUT2D eigenvalue weighted by Crippen LogP contribution is -2.35. The molecule has 0 amide bonds. The summed E-state index contributed by atoms with van der Waals surface area (Å²) in [4.78, 5) is 0. The molecule has 6 heteroatoms. The summed E-state index contributed by atoms with van der Waals surface area (Å²) in [6.45, 7) is 2.12. The van der Waals surface area contributed by atoms with Crippen LogP contribution in [0.1, 0.15) is 49.1 Å². The fraction of sp³-hybridized carbons (Fsp3) is 0.529. The largest absolute Gasteiger partial charge is 0.421 e. The molecule has 1 aromatic heterocycles. The van der Waals surface area contributed by atoms with Crippen molar-refractivity contribution in [1.82, 2.24) is 10.2 Å². The Morgan fingerprint density at radius 3 is 2.52 bits per heavy atom. The van der Waals surface area contributed by atoms with E-state index in [2.05, 4.69) is 10.2 Å². The molecule has 122 valence electrons. The molecule has 23 heavy (non-hydrogen) atoms. The molecule has 4 rings (SSSR count). The molecule has 0 N–H and O–H groups in total. The Morgan fingerprint density at radius 2 is 1.83 bits per heavy atom. The Morgan fingerprint density at radius 1 is 1.04 bits per heavy atom. The fourth-order valence-corrected chi connectivity index (χ4v) is 3.57. The molecule has 0 bridgehead atoms. The molecule has 3 heterocycles. The van der Waals surface area contributed by atoms with Gasteiger partial charge in [-0.15, -0.1) is 10.2 Å². The summed E-state index contributed by atoms with van der Waals surface area (Å²) >= 11 is 6.04. The minimum Gasteiger partial charge on any atom is -0.421 e. The molecule has 2 aliphatic heterocycles. The average Bonchev–Trinajstić information content (AvgIpc) is 3.28. The highest BCUT2D eigenvalue weighted by molar-refractivity contribution is 6.30. The molecule has 1 aromatic carbocycles. The molecule has 0 aliphatic carbocycles. The van der Waals surface area contributed by atoms with Gasteiger partial charge in [0.15, 0.2) is 0 Å². The van der Waals surface area contributed by atoms with Gasteiger partial charge in [0.05, 0.1) is 5.41 Å². The van der Waals surface area contributed by atoms with Crippen LogP contribution in [-0.2, 0) is 14.9 Å². The standard InChI is InChI=1S/C17H19ClN2O3/c18-13-5-3-12(4-6-13)17(7-10-21-11-8-17)16-20-19-15(23-16)14-2-1-9-22-14/h3-6,14H,1-2,7-11H2/t14-/m1/s1. The van der Waals surface area contributed by atoms with Gasteiger partial charge in [0.1, 0.15) is 6.10 Å². The molecule has 0 saturated carbocycles. The van der Waals surface area contributed by atoms with Crippen LogP contribution in [0.4, 0.5) is 0 Å². The van der Waals surface area contributed by atoms with Crippen LogP contribution in [0, 0.1) is 0 Å². The third-order valence-electron chi connectivity index (χ3n) is 4.80. The van der Waals surface area contributed by atoms with E-state index >= 15 is 0 Å². The molecular formula is C17H19ClN2O3. The van der Waals surface area contributed by atoms with E-state index in [0.717, 1.165) is 42.9 Å². The lowest BCUT2D eigenvalue weighted by atomic mass is 9.74. The number of benzene rings is 1. The van der Waals surface area contributed by atoms with Gasteiger partial charge in [-0.05, 0) is 43.4 Å². The van der Waals surface area contributed by atoms with Crippen molar-refractivity contribution >= 4 is 11.6 Å². The maximum Gasteiger partial charge on any atom is 0.245 e. The van der Waals surface area contributed by atoms with Crippen molar-refractivity contribution in [2.45, 2.75) is 37.2 Å². The van der Waals surface area contributed by atoms with E-state index in [1.54, 1.807) is 0 Å². The van der Waals surface area contributed by atoms with Crippen LogP contribution in [0.2, 0.25) is 5.02 Å². The number of ether oxygens (including phenoxy) is 2. The Balaban J connectivity index is 1.72. The van der Waals surface area contributed by atoms with Crippen LogP contribution in [0.3, 0.4) is 0 Å². The highest BCUT2D eigenvalue weighted by Crippen LogP contribution is 2.41.